The molecule has 1 aliphatic heterocycles. The van der Waals surface area contributed by atoms with E-state index in [-0.39, 0.29) is 24.5 Å². The van der Waals surface area contributed by atoms with Crippen molar-refractivity contribution in [3.05, 3.63) is 52.1 Å². The van der Waals surface area contributed by atoms with E-state index in [4.69, 9.17) is 21.7 Å². The van der Waals surface area contributed by atoms with Crippen LogP contribution in [0.15, 0.2) is 24.3 Å². The molecule has 2 aliphatic rings. The van der Waals surface area contributed by atoms with Crippen molar-refractivity contribution < 1.29 is 14.6 Å². The van der Waals surface area contributed by atoms with Crippen molar-refractivity contribution in [2.75, 3.05) is 13.1 Å². The van der Waals surface area contributed by atoms with Crippen LogP contribution in [0.3, 0.4) is 0 Å². The monoisotopic (exact) mass is 428 g/mol. The third-order valence-electron chi connectivity index (χ3n) is 5.80. The quantitative estimate of drug-likeness (QED) is 0.778. The average molecular weight is 429 g/mol. The number of amides is 1. The number of benzene rings is 1. The van der Waals surface area contributed by atoms with E-state index < -0.39 is 6.10 Å². The first kappa shape index (κ1) is 20.8. The van der Waals surface area contributed by atoms with Gasteiger partial charge in [-0.15, -0.1) is 0 Å². The third kappa shape index (κ3) is 3.91. The van der Waals surface area contributed by atoms with Crippen molar-refractivity contribution in [1.29, 1.82) is 5.41 Å². The van der Waals surface area contributed by atoms with Crippen molar-refractivity contribution in [2.24, 2.45) is 0 Å². The zero-order valence-electron chi connectivity index (χ0n) is 17.1. The lowest BCUT2D eigenvalue weighted by Gasteiger charge is -2.21. The Morgan fingerprint density at radius 3 is 2.60 bits per heavy atom. The number of para-hydroxylation sites is 1. The smallest absolute Gasteiger partial charge is 0.257 e. The second-order valence-corrected chi connectivity index (χ2v) is 8.36. The lowest BCUT2D eigenvalue weighted by Crippen LogP contribution is -2.31. The highest BCUT2D eigenvalue weighted by Gasteiger charge is 2.36. The Kier molecular flexibility index (Phi) is 5.75. The van der Waals surface area contributed by atoms with Gasteiger partial charge in [-0.3, -0.25) is 4.79 Å². The minimum absolute atomic E-state index is 0.201. The van der Waals surface area contributed by atoms with E-state index in [0.29, 0.717) is 52.2 Å². The molecule has 0 bridgehead atoms. The van der Waals surface area contributed by atoms with Crippen LogP contribution in [-0.2, 0) is 0 Å². The fraction of sp³-hybridized carbons (Fsp3) is 0.455. The van der Waals surface area contributed by atoms with Crippen LogP contribution < -0.4 is 4.74 Å². The van der Waals surface area contributed by atoms with Crippen molar-refractivity contribution in [3.63, 3.8) is 0 Å². The Hall–Kier alpha value is -2.51. The highest BCUT2D eigenvalue weighted by atomic mass is 35.5. The number of hydrogen-bond acceptors (Lipinski definition) is 6. The molecule has 0 radical (unpaired) electrons. The second kappa shape index (κ2) is 8.32. The van der Waals surface area contributed by atoms with Gasteiger partial charge in [-0.2, -0.15) is 0 Å². The molecule has 30 heavy (non-hydrogen) atoms. The number of halogens is 1. The molecule has 4 rings (SSSR count). The zero-order chi connectivity index (χ0) is 21.4. The first-order valence-corrected chi connectivity index (χ1v) is 10.5. The maximum atomic E-state index is 13.3. The molecule has 1 amide bonds. The minimum Gasteiger partial charge on any atom is -0.487 e. The molecular weight excluding hydrogens is 404 g/mol. The standard InChI is InChI=1S/C22H25ClN4O3/c1-12-20(23)13(2)26-21(25-12)15-10-27(11-16(15)24)22(29)14-6-3-4-8-18(14)30-19-9-5-7-17(19)28/h3-4,6,8,15,17,19,24,28H,5,7,9-11H2,1-2H3. The Labute approximate surface area is 180 Å². The number of rotatable bonds is 4. The minimum atomic E-state index is -0.508. The van der Waals surface area contributed by atoms with Crippen LogP contribution in [0.2, 0.25) is 5.02 Å². The van der Waals surface area contributed by atoms with Gasteiger partial charge in [0.2, 0.25) is 0 Å². The van der Waals surface area contributed by atoms with Crippen molar-refractivity contribution in [1.82, 2.24) is 14.9 Å². The van der Waals surface area contributed by atoms with E-state index in [2.05, 4.69) is 9.97 Å². The molecule has 1 aliphatic carbocycles. The Morgan fingerprint density at radius 2 is 1.93 bits per heavy atom. The van der Waals surface area contributed by atoms with E-state index in [0.717, 1.165) is 12.8 Å². The predicted octanol–water partition coefficient (Wildman–Crippen LogP) is 3.30. The molecular formula is C22H25ClN4O3. The number of aryl methyl sites for hydroxylation is 2. The number of ether oxygens (including phenoxy) is 1. The number of likely N-dealkylation sites (tertiary alicyclic amines) is 1. The number of aromatic nitrogens is 2. The summed E-state index contributed by atoms with van der Waals surface area (Å²) in [5, 5.41) is 19.0. The molecule has 8 heteroatoms. The van der Waals surface area contributed by atoms with Gasteiger partial charge in [0.1, 0.15) is 17.7 Å². The average Bonchev–Trinajstić information content (AvgIpc) is 3.31. The molecule has 2 heterocycles. The summed E-state index contributed by atoms with van der Waals surface area (Å²) in [6.45, 7) is 4.17. The largest absolute Gasteiger partial charge is 0.487 e. The summed E-state index contributed by atoms with van der Waals surface area (Å²) in [6.07, 6.45) is 1.59. The predicted molar refractivity (Wildman–Crippen MR) is 114 cm³/mol. The summed E-state index contributed by atoms with van der Waals surface area (Å²) in [7, 11) is 0. The van der Waals surface area contributed by atoms with Gasteiger partial charge < -0.3 is 20.2 Å². The molecule has 1 aromatic heterocycles. The lowest BCUT2D eigenvalue weighted by molar-refractivity contribution is 0.0579. The van der Waals surface area contributed by atoms with E-state index in [9.17, 15) is 9.90 Å². The summed E-state index contributed by atoms with van der Waals surface area (Å²) in [4.78, 5) is 23.8. The van der Waals surface area contributed by atoms with Crippen LogP contribution in [-0.4, -0.2) is 56.9 Å². The number of aliphatic hydroxyl groups is 1. The second-order valence-electron chi connectivity index (χ2n) is 7.98. The molecule has 1 saturated carbocycles. The summed E-state index contributed by atoms with van der Waals surface area (Å²) in [6, 6.07) is 7.09. The first-order chi connectivity index (χ1) is 14.3. The van der Waals surface area contributed by atoms with E-state index >= 15 is 0 Å². The van der Waals surface area contributed by atoms with Crippen LogP contribution in [0, 0.1) is 19.3 Å². The topological polar surface area (TPSA) is 99.4 Å². The van der Waals surface area contributed by atoms with Gasteiger partial charge in [0, 0.05) is 12.3 Å². The molecule has 3 unspecified atom stereocenters. The van der Waals surface area contributed by atoms with Crippen molar-refractivity contribution in [2.45, 2.75) is 51.2 Å². The molecule has 0 spiro atoms. The Balaban J connectivity index is 1.55. The number of nitrogens with one attached hydrogen (secondary N) is 1. The van der Waals surface area contributed by atoms with Gasteiger partial charge in [0.25, 0.3) is 5.91 Å². The molecule has 2 N–H and O–H groups in total. The summed E-state index contributed by atoms with van der Waals surface area (Å²) < 4.78 is 5.99. The summed E-state index contributed by atoms with van der Waals surface area (Å²) >= 11 is 6.17. The molecule has 2 fully saturated rings. The molecule has 1 aromatic carbocycles. The number of aliphatic hydroxyl groups excluding tert-OH is 1. The van der Waals surface area contributed by atoms with Gasteiger partial charge in [-0.1, -0.05) is 23.7 Å². The van der Waals surface area contributed by atoms with Crippen molar-refractivity contribution >= 4 is 23.2 Å². The lowest BCUT2D eigenvalue weighted by atomic mass is 10.1. The summed E-state index contributed by atoms with van der Waals surface area (Å²) in [5.41, 5.74) is 2.18. The van der Waals surface area contributed by atoms with Crippen LogP contribution >= 0.6 is 11.6 Å². The Bertz CT molecular complexity index is 973. The van der Waals surface area contributed by atoms with Crippen LogP contribution in [0.5, 0.6) is 5.75 Å². The van der Waals surface area contributed by atoms with E-state index in [1.54, 1.807) is 23.1 Å². The number of carbonyl (C=O) groups is 1. The molecule has 2 aromatic rings. The molecule has 3 atom stereocenters. The fourth-order valence-corrected chi connectivity index (χ4v) is 4.20. The van der Waals surface area contributed by atoms with Gasteiger partial charge in [0.05, 0.1) is 40.5 Å². The van der Waals surface area contributed by atoms with Gasteiger partial charge in [-0.25, -0.2) is 9.97 Å². The van der Waals surface area contributed by atoms with E-state index in [1.165, 1.54) is 0 Å². The highest BCUT2D eigenvalue weighted by Crippen LogP contribution is 2.30. The summed E-state index contributed by atoms with van der Waals surface area (Å²) in [5.74, 6) is 0.437. The Morgan fingerprint density at radius 1 is 1.23 bits per heavy atom. The fourth-order valence-electron chi connectivity index (χ4n) is 4.11. The van der Waals surface area contributed by atoms with Gasteiger partial charge >= 0.3 is 0 Å². The van der Waals surface area contributed by atoms with Crippen LogP contribution in [0.25, 0.3) is 0 Å². The molecule has 1 saturated heterocycles. The normalized spacial score (nSPS) is 23.8. The third-order valence-corrected chi connectivity index (χ3v) is 6.34. The number of nitrogens with zero attached hydrogens (tertiary/aromatic N) is 3. The first-order valence-electron chi connectivity index (χ1n) is 10.2. The number of hydrogen-bond donors (Lipinski definition) is 2. The SMILES string of the molecule is Cc1nc(C2CN(C(=O)c3ccccc3OC3CCCC3O)CC2=N)nc(C)c1Cl. The van der Waals surface area contributed by atoms with Gasteiger partial charge in [-0.05, 0) is 45.2 Å². The molecule has 7 nitrogen and oxygen atoms in total. The maximum Gasteiger partial charge on any atom is 0.257 e. The van der Waals surface area contributed by atoms with E-state index in [1.807, 2.05) is 19.9 Å². The maximum absolute atomic E-state index is 13.3. The number of carbonyl (C=O) groups excluding carboxylic acids is 1. The van der Waals surface area contributed by atoms with Gasteiger partial charge in [0.15, 0.2) is 0 Å². The zero-order valence-corrected chi connectivity index (χ0v) is 17.8. The van der Waals surface area contributed by atoms with Crippen LogP contribution in [0.4, 0.5) is 0 Å². The van der Waals surface area contributed by atoms with Crippen molar-refractivity contribution in [3.8, 4) is 5.75 Å². The van der Waals surface area contributed by atoms with Crippen LogP contribution in [0.1, 0.15) is 52.8 Å². The highest BCUT2D eigenvalue weighted by molar-refractivity contribution is 6.31. The molecule has 158 valence electrons.